The molecule has 0 aliphatic carbocycles. The molecule has 0 bridgehead atoms. The first-order valence-electron chi connectivity index (χ1n) is 6.65. The zero-order valence-corrected chi connectivity index (χ0v) is 11.9. The highest BCUT2D eigenvalue weighted by Crippen LogP contribution is 2.23. The number of amides is 1. The predicted octanol–water partition coefficient (Wildman–Crippen LogP) is -0.620. The fourth-order valence-corrected chi connectivity index (χ4v) is 2.71. The summed E-state index contributed by atoms with van der Waals surface area (Å²) in [5.41, 5.74) is 2.86. The number of nitrogens with two attached hydrogens (primary N) is 1. The van der Waals surface area contributed by atoms with Crippen molar-refractivity contribution in [2.24, 2.45) is 5.84 Å². The number of likely N-dealkylation sites (tertiary alicyclic amines) is 1. The number of carbonyl (C=O) groups is 1. The Kier molecular flexibility index (Phi) is 4.77. The zero-order chi connectivity index (χ0) is 14.7. The van der Waals surface area contributed by atoms with Gasteiger partial charge in [-0.1, -0.05) is 0 Å². The number of nitrogens with zero attached hydrogens (tertiary/aromatic N) is 2. The molecule has 7 heteroatoms. The number of nitrogens with one attached hydrogen (secondary N) is 1. The second-order valence-corrected chi connectivity index (χ2v) is 5.48. The standard InChI is InChI=1S/C13H22N4O3/c1-16(2)7-10-5-11(18)8-17(10)6-9-3-4-20-12(9)13(19)15-14/h3-4,10-11,18H,5-8,14H2,1-2H3,(H,15,19). The average Bonchev–Trinajstić information content (AvgIpc) is 2.96. The number of β-amino-alcohol motifs (C(OH)–C–C–N with tert-alkyl or cyclic N) is 1. The van der Waals surface area contributed by atoms with Crippen molar-refractivity contribution in [1.82, 2.24) is 15.2 Å². The summed E-state index contributed by atoms with van der Waals surface area (Å²) in [7, 11) is 4.02. The molecule has 1 amide bonds. The van der Waals surface area contributed by atoms with Gasteiger partial charge in [-0.25, -0.2) is 5.84 Å². The molecule has 2 unspecified atom stereocenters. The molecule has 112 valence electrons. The van der Waals surface area contributed by atoms with Crippen molar-refractivity contribution >= 4 is 5.91 Å². The van der Waals surface area contributed by atoms with E-state index >= 15 is 0 Å². The van der Waals surface area contributed by atoms with Gasteiger partial charge in [0.05, 0.1) is 12.4 Å². The molecule has 1 fully saturated rings. The third-order valence-corrected chi connectivity index (χ3v) is 3.54. The van der Waals surface area contributed by atoms with E-state index in [1.54, 1.807) is 6.07 Å². The molecule has 20 heavy (non-hydrogen) atoms. The van der Waals surface area contributed by atoms with E-state index < -0.39 is 5.91 Å². The number of hydrogen-bond donors (Lipinski definition) is 3. The Bertz CT molecular complexity index is 460. The third-order valence-electron chi connectivity index (χ3n) is 3.54. The highest BCUT2D eigenvalue weighted by Gasteiger charge is 2.32. The molecule has 0 saturated carbocycles. The van der Waals surface area contributed by atoms with Crippen LogP contribution in [0.2, 0.25) is 0 Å². The number of furan rings is 1. The van der Waals surface area contributed by atoms with Gasteiger partial charge in [0.25, 0.3) is 0 Å². The smallest absolute Gasteiger partial charge is 0.301 e. The van der Waals surface area contributed by atoms with E-state index in [0.717, 1.165) is 18.5 Å². The lowest BCUT2D eigenvalue weighted by molar-refractivity contribution is 0.0922. The Balaban J connectivity index is 2.08. The molecule has 2 heterocycles. The normalized spacial score (nSPS) is 23.4. The molecule has 1 aromatic rings. The molecular weight excluding hydrogens is 260 g/mol. The van der Waals surface area contributed by atoms with Gasteiger partial charge in [-0.05, 0) is 26.6 Å². The minimum atomic E-state index is -0.436. The van der Waals surface area contributed by atoms with Crippen LogP contribution in [-0.2, 0) is 6.54 Å². The zero-order valence-electron chi connectivity index (χ0n) is 11.9. The van der Waals surface area contributed by atoms with Gasteiger partial charge >= 0.3 is 5.91 Å². The van der Waals surface area contributed by atoms with Gasteiger partial charge in [-0.15, -0.1) is 0 Å². The first kappa shape index (κ1) is 15.0. The first-order chi connectivity index (χ1) is 9.51. The SMILES string of the molecule is CN(C)CC1CC(O)CN1Cc1ccoc1C(=O)NN. The number of carbonyl (C=O) groups excluding carboxylic acids is 1. The summed E-state index contributed by atoms with van der Waals surface area (Å²) >= 11 is 0. The first-order valence-corrected chi connectivity index (χ1v) is 6.65. The highest BCUT2D eigenvalue weighted by atomic mass is 16.3. The topological polar surface area (TPSA) is 95.0 Å². The van der Waals surface area contributed by atoms with Gasteiger partial charge in [-0.3, -0.25) is 15.1 Å². The minimum absolute atomic E-state index is 0.234. The van der Waals surface area contributed by atoms with E-state index in [-0.39, 0.29) is 17.9 Å². The Morgan fingerprint density at radius 1 is 1.65 bits per heavy atom. The Morgan fingerprint density at radius 2 is 2.40 bits per heavy atom. The summed E-state index contributed by atoms with van der Waals surface area (Å²) in [6.45, 7) is 2.04. The quantitative estimate of drug-likeness (QED) is 0.378. The van der Waals surface area contributed by atoms with E-state index in [2.05, 4.69) is 15.2 Å². The second kappa shape index (κ2) is 6.36. The number of hydrazine groups is 1. The number of aliphatic hydroxyl groups excluding tert-OH is 1. The highest BCUT2D eigenvalue weighted by molar-refractivity contribution is 5.92. The minimum Gasteiger partial charge on any atom is -0.459 e. The largest absolute Gasteiger partial charge is 0.459 e. The van der Waals surface area contributed by atoms with Gasteiger partial charge in [0.2, 0.25) is 0 Å². The summed E-state index contributed by atoms with van der Waals surface area (Å²) in [4.78, 5) is 15.9. The Morgan fingerprint density at radius 3 is 3.05 bits per heavy atom. The van der Waals surface area contributed by atoms with Crippen molar-refractivity contribution in [3.05, 3.63) is 23.7 Å². The van der Waals surface area contributed by atoms with Crippen LogP contribution < -0.4 is 11.3 Å². The van der Waals surface area contributed by atoms with Crippen LogP contribution in [-0.4, -0.2) is 60.1 Å². The molecule has 1 aliphatic heterocycles. The predicted molar refractivity (Wildman–Crippen MR) is 73.7 cm³/mol. The van der Waals surface area contributed by atoms with Crippen molar-refractivity contribution in [3.8, 4) is 0 Å². The maximum Gasteiger partial charge on any atom is 0.301 e. The second-order valence-electron chi connectivity index (χ2n) is 5.48. The molecule has 0 aromatic carbocycles. The van der Waals surface area contributed by atoms with E-state index in [4.69, 9.17) is 10.3 Å². The lowest BCUT2D eigenvalue weighted by Gasteiger charge is -2.26. The summed E-state index contributed by atoms with van der Waals surface area (Å²) in [6.07, 6.45) is 1.90. The van der Waals surface area contributed by atoms with Gasteiger partial charge in [0, 0.05) is 31.2 Å². The summed E-state index contributed by atoms with van der Waals surface area (Å²) < 4.78 is 5.18. The maximum absolute atomic E-state index is 11.6. The van der Waals surface area contributed by atoms with Crippen LogP contribution in [0.4, 0.5) is 0 Å². The monoisotopic (exact) mass is 282 g/mol. The van der Waals surface area contributed by atoms with Crippen molar-refractivity contribution in [2.45, 2.75) is 25.1 Å². The molecule has 1 aromatic heterocycles. The fraction of sp³-hybridized carbons (Fsp3) is 0.615. The molecule has 0 spiro atoms. The Hall–Kier alpha value is -1.41. The Labute approximate surface area is 118 Å². The van der Waals surface area contributed by atoms with E-state index in [0.29, 0.717) is 13.1 Å². The molecule has 1 saturated heterocycles. The van der Waals surface area contributed by atoms with E-state index in [1.165, 1.54) is 6.26 Å². The molecule has 1 aliphatic rings. The van der Waals surface area contributed by atoms with Gasteiger partial charge in [-0.2, -0.15) is 0 Å². The number of rotatable bonds is 5. The molecule has 2 rings (SSSR count). The van der Waals surface area contributed by atoms with Crippen LogP contribution in [0, 0.1) is 0 Å². The van der Waals surface area contributed by atoms with Gasteiger partial charge in [0.15, 0.2) is 5.76 Å². The van der Waals surface area contributed by atoms with Crippen molar-refractivity contribution in [3.63, 3.8) is 0 Å². The van der Waals surface area contributed by atoms with Crippen molar-refractivity contribution in [1.29, 1.82) is 0 Å². The van der Waals surface area contributed by atoms with Crippen molar-refractivity contribution in [2.75, 3.05) is 27.2 Å². The van der Waals surface area contributed by atoms with Crippen LogP contribution in [0.3, 0.4) is 0 Å². The van der Waals surface area contributed by atoms with Crippen LogP contribution in [0.1, 0.15) is 22.5 Å². The average molecular weight is 282 g/mol. The van der Waals surface area contributed by atoms with E-state index in [9.17, 15) is 9.90 Å². The maximum atomic E-state index is 11.6. The number of nitrogen functional groups attached to an aromatic ring is 1. The van der Waals surface area contributed by atoms with Gasteiger partial charge in [0.1, 0.15) is 0 Å². The summed E-state index contributed by atoms with van der Waals surface area (Å²) in [5, 5.41) is 9.85. The van der Waals surface area contributed by atoms with Crippen molar-refractivity contribution < 1.29 is 14.3 Å². The fourth-order valence-electron chi connectivity index (χ4n) is 2.71. The number of hydrogen-bond acceptors (Lipinski definition) is 6. The third kappa shape index (κ3) is 3.37. The molecule has 0 radical (unpaired) electrons. The molecule has 7 nitrogen and oxygen atoms in total. The lowest BCUT2D eigenvalue weighted by atomic mass is 10.1. The lowest BCUT2D eigenvalue weighted by Crippen LogP contribution is -2.37. The number of aliphatic hydroxyl groups is 1. The van der Waals surface area contributed by atoms with Crippen LogP contribution in [0.25, 0.3) is 0 Å². The summed E-state index contributed by atoms with van der Waals surface area (Å²) in [5.74, 6) is 4.93. The molecule has 2 atom stereocenters. The van der Waals surface area contributed by atoms with Crippen LogP contribution >= 0.6 is 0 Å². The van der Waals surface area contributed by atoms with Gasteiger partial charge < -0.3 is 14.4 Å². The van der Waals surface area contributed by atoms with E-state index in [1.807, 2.05) is 14.1 Å². The molecular formula is C13H22N4O3. The number of likely N-dealkylation sites (N-methyl/N-ethyl adjacent to an activating group) is 1. The summed E-state index contributed by atoms with van der Waals surface area (Å²) in [6, 6.07) is 2.03. The van der Waals surface area contributed by atoms with Crippen LogP contribution in [0.5, 0.6) is 0 Å². The molecule has 4 N–H and O–H groups in total. The van der Waals surface area contributed by atoms with Crippen LogP contribution in [0.15, 0.2) is 16.7 Å².